The van der Waals surface area contributed by atoms with Crippen LogP contribution in [0.4, 0.5) is 20.2 Å². The van der Waals surface area contributed by atoms with E-state index in [4.69, 9.17) is 20.3 Å². The van der Waals surface area contributed by atoms with Gasteiger partial charge in [-0.2, -0.15) is 0 Å². The van der Waals surface area contributed by atoms with Crippen molar-refractivity contribution in [3.8, 4) is 0 Å². The third kappa shape index (κ3) is 14.1. The molecule has 19 heteroatoms. The minimum absolute atomic E-state index is 0.0281. The topological polar surface area (TPSA) is 187 Å². The van der Waals surface area contributed by atoms with Gasteiger partial charge in [-0.3, -0.25) is 29.7 Å². The summed E-state index contributed by atoms with van der Waals surface area (Å²) in [4.78, 5) is 44.1. The van der Waals surface area contributed by atoms with Crippen LogP contribution in [0.2, 0.25) is 51.4 Å². The van der Waals surface area contributed by atoms with E-state index in [0.717, 1.165) is 36.0 Å². The molecular weight excluding hydrogens is 883 g/mol. The number of nitrogens with two attached hydrogens (primary N) is 1. The number of hydrogen-bond acceptors (Lipinski definition) is 10. The second kappa shape index (κ2) is 23.0. The van der Waals surface area contributed by atoms with Gasteiger partial charge in [0.1, 0.15) is 13.5 Å². The van der Waals surface area contributed by atoms with Gasteiger partial charge < -0.3 is 38.6 Å². The maximum absolute atomic E-state index is 14.7. The third-order valence-corrected chi connectivity index (χ3v) is 13.6. The Morgan fingerprint density at radius 3 is 1.55 bits per heavy atom. The van der Waals surface area contributed by atoms with E-state index in [-0.39, 0.29) is 37.8 Å². The molecule has 0 aliphatic heterocycles. The summed E-state index contributed by atoms with van der Waals surface area (Å²) in [5.74, 6) is -0.882. The smallest absolute Gasteiger partial charge is 0.334 e. The fraction of sp³-hybridized carbons (Fsp3) is 0.404. The van der Waals surface area contributed by atoms with Crippen molar-refractivity contribution >= 4 is 61.5 Å². The maximum atomic E-state index is 14.7. The van der Waals surface area contributed by atoms with Crippen molar-refractivity contribution in [1.29, 1.82) is 0 Å². The Bertz CT molecular complexity index is 2830. The first-order chi connectivity index (χ1) is 31.0. The maximum Gasteiger partial charge on any atom is 0.334 e. The van der Waals surface area contributed by atoms with Gasteiger partial charge in [0.05, 0.1) is 58.5 Å². The van der Waals surface area contributed by atoms with Crippen molar-refractivity contribution in [2.24, 2.45) is 0 Å². The van der Waals surface area contributed by atoms with E-state index in [2.05, 4.69) is 49.3 Å². The molecule has 0 radical (unpaired) electrons. The quantitative estimate of drug-likeness (QED) is 0.0386. The molecule has 6 aromatic heterocycles. The molecule has 0 saturated heterocycles. The number of aliphatic hydroxyl groups excluding tert-OH is 1. The molecule has 0 amide bonds. The van der Waals surface area contributed by atoms with Crippen molar-refractivity contribution < 1.29 is 28.3 Å². The number of nitrogens with zero attached hydrogens (tertiary/aromatic N) is 7. The second-order valence-electron chi connectivity index (χ2n) is 18.8. The molecule has 0 atom stereocenters. The fourth-order valence-electron chi connectivity index (χ4n) is 6.83. The van der Waals surface area contributed by atoms with Crippen molar-refractivity contribution in [2.75, 3.05) is 26.1 Å². The van der Waals surface area contributed by atoms with Crippen LogP contribution >= 0.6 is 0 Å². The van der Waals surface area contributed by atoms with Crippen LogP contribution in [-0.4, -0.2) is 74.7 Å². The minimum Gasteiger partial charge on any atom is -0.400 e. The zero-order valence-electron chi connectivity index (χ0n) is 39.9. The number of pyridine rings is 4. The molecule has 0 saturated carbocycles. The highest BCUT2D eigenvalue weighted by Gasteiger charge is 2.21. The molecule has 0 unspecified atom stereocenters. The Balaban J connectivity index is 0.000000279. The van der Waals surface area contributed by atoms with Crippen LogP contribution in [0.5, 0.6) is 0 Å². The third-order valence-electron chi connectivity index (χ3n) is 10.2. The molecule has 0 bridgehead atoms. The van der Waals surface area contributed by atoms with Crippen LogP contribution in [-0.2, 0) is 36.0 Å². The predicted octanol–water partition coefficient (Wildman–Crippen LogP) is 9.34. The second-order valence-corrected chi connectivity index (χ2v) is 30.0. The van der Waals surface area contributed by atoms with Gasteiger partial charge in [0.25, 0.3) is 5.56 Å². The number of allylic oxidation sites excluding steroid dienone is 2. The first-order valence-corrected chi connectivity index (χ1v) is 29.0. The number of fused-ring (bicyclic) bond motifs is 2. The monoisotopic (exact) mass is 946 g/mol. The Morgan fingerprint density at radius 1 is 0.742 bits per heavy atom. The van der Waals surface area contributed by atoms with E-state index in [1.807, 2.05) is 44.4 Å². The van der Waals surface area contributed by atoms with E-state index in [1.54, 1.807) is 35.0 Å². The molecule has 3 N–H and O–H groups in total. The van der Waals surface area contributed by atoms with Crippen molar-refractivity contribution in [3.63, 3.8) is 0 Å². The molecule has 356 valence electrons. The van der Waals surface area contributed by atoms with E-state index in [0.29, 0.717) is 52.1 Å². The minimum atomic E-state index is -1.30. The lowest BCUT2D eigenvalue weighted by molar-refractivity contribution is -0.386. The molecule has 0 aliphatic carbocycles. The average molecular weight is 947 g/mol. The summed E-state index contributed by atoms with van der Waals surface area (Å²) < 4.78 is 47.9. The van der Waals surface area contributed by atoms with E-state index in [1.165, 1.54) is 39.9 Å². The molecular formula is C47H64F2N8O7Si2. The lowest BCUT2D eigenvalue weighted by Crippen LogP contribution is -2.24. The first kappa shape index (κ1) is 52.8. The number of halogens is 2. The summed E-state index contributed by atoms with van der Waals surface area (Å²) >= 11 is 0. The molecule has 15 nitrogen and oxygen atoms in total. The van der Waals surface area contributed by atoms with Gasteiger partial charge in [0.15, 0.2) is 11.6 Å². The van der Waals surface area contributed by atoms with Crippen molar-refractivity contribution in [3.05, 3.63) is 138 Å². The van der Waals surface area contributed by atoms with E-state index >= 15 is 0 Å². The molecule has 66 heavy (non-hydrogen) atoms. The van der Waals surface area contributed by atoms with Crippen LogP contribution in [0.3, 0.4) is 0 Å². The van der Waals surface area contributed by atoms with Crippen LogP contribution in [0, 0.1) is 21.7 Å². The first-order valence-electron chi connectivity index (χ1n) is 21.6. The van der Waals surface area contributed by atoms with Crippen LogP contribution in [0.1, 0.15) is 50.5 Å². The van der Waals surface area contributed by atoms with Gasteiger partial charge in [0.2, 0.25) is 0 Å². The number of aromatic nitrogens is 6. The van der Waals surface area contributed by atoms with Gasteiger partial charge in [0, 0.05) is 77.1 Å². The zero-order valence-corrected chi connectivity index (χ0v) is 41.9. The van der Waals surface area contributed by atoms with E-state index in [9.17, 15) is 28.5 Å². The summed E-state index contributed by atoms with van der Waals surface area (Å²) in [5, 5.41) is 19.0. The fourth-order valence-corrected chi connectivity index (χ4v) is 8.35. The summed E-state index contributed by atoms with van der Waals surface area (Å²) in [6.45, 7) is 23.4. The van der Waals surface area contributed by atoms with Gasteiger partial charge >= 0.3 is 11.2 Å². The number of aliphatic hydroxyl groups is 1. The van der Waals surface area contributed by atoms with Gasteiger partial charge in [-0.15, -0.1) is 0 Å². The molecule has 0 fully saturated rings. The molecule has 6 rings (SSSR count). The summed E-state index contributed by atoms with van der Waals surface area (Å²) in [6, 6.07) is 11.4. The van der Waals surface area contributed by atoms with Gasteiger partial charge in [-0.1, -0.05) is 50.4 Å². The summed E-state index contributed by atoms with van der Waals surface area (Å²) in [6.07, 6.45) is 9.37. The van der Waals surface area contributed by atoms with Crippen LogP contribution < -0.4 is 16.9 Å². The normalized spacial score (nSPS) is 11.5. The molecule has 0 spiro atoms. The summed E-state index contributed by atoms with van der Waals surface area (Å²) in [7, 11) is -1.54. The Hall–Kier alpha value is -5.87. The van der Waals surface area contributed by atoms with Gasteiger partial charge in [-0.25, -0.2) is 8.78 Å². The molecule has 6 heterocycles. The highest BCUT2D eigenvalue weighted by Crippen LogP contribution is 2.29. The van der Waals surface area contributed by atoms with Gasteiger partial charge in [-0.05, 0) is 82.3 Å². The number of hydrogen-bond donors (Lipinski definition) is 2. The molecule has 0 aliphatic rings. The van der Waals surface area contributed by atoms with E-state index < -0.39 is 44.0 Å². The zero-order chi connectivity index (χ0) is 49.1. The number of ether oxygens (including phenoxy) is 2. The Morgan fingerprint density at radius 2 is 1.15 bits per heavy atom. The standard InChI is InChI=1S/C23H29FN4O4Si.C23H31FN4O2Si.CH4O/c1-16(2)11-20-22-18(19(24)13-25-20)12-17(27(22)15-32-9-10-33(3,4)5)14-26-8-6-7-21(23(26)29)28(30)31;1-16(2)11-21-22-18(19(24)13-26-21)12-17(14-27-8-6-7-20(25)23(27)29)28(22)15-30-9-10-31(3,4)5;1-2/h6-8,11-13H,9-10,14-15H2,1-5H3;6-8,11-13H,9-10,14-15,25H2,1-5H3;2H,1H3. The number of nitro groups is 1. The van der Waals surface area contributed by atoms with Crippen molar-refractivity contribution in [1.82, 2.24) is 28.2 Å². The Labute approximate surface area is 386 Å². The number of rotatable bonds is 17. The predicted molar refractivity (Wildman–Crippen MR) is 265 cm³/mol. The SMILES string of the molecule is CC(C)=Cc1ncc(F)c2cc(Cn3cccc(N)c3=O)n(COCC[Si](C)(C)C)c12.CC(C)=Cc1ncc(F)c2cc(Cn3cccc([N+](=O)[O-])c3=O)n(COCC[Si](C)(C)C)c12.CO. The molecule has 6 aromatic rings. The Kier molecular flexibility index (Phi) is 18.4. The van der Waals surface area contributed by atoms with Crippen LogP contribution in [0.25, 0.3) is 34.0 Å². The highest BCUT2D eigenvalue weighted by atomic mass is 28.3. The van der Waals surface area contributed by atoms with Crippen LogP contribution in [0.15, 0.2) is 81.9 Å². The summed E-state index contributed by atoms with van der Waals surface area (Å²) in [5.41, 5.74) is 10.4. The lowest BCUT2D eigenvalue weighted by atomic mass is 10.2. The van der Waals surface area contributed by atoms with Crippen molar-refractivity contribution in [2.45, 2.75) is 106 Å². The largest absolute Gasteiger partial charge is 0.400 e. The highest BCUT2D eigenvalue weighted by molar-refractivity contribution is 6.76. The number of nitrogen functional groups attached to an aromatic ring is 1. The lowest BCUT2D eigenvalue weighted by Gasteiger charge is -2.17. The number of anilines is 1. The molecule has 0 aromatic carbocycles. The average Bonchev–Trinajstić information content (AvgIpc) is 3.79.